The Hall–Kier alpha value is -0.880. The Labute approximate surface area is 75.9 Å². The quantitative estimate of drug-likeness (QED) is 0.484. The summed E-state index contributed by atoms with van der Waals surface area (Å²) in [6.07, 6.45) is 0.918. The minimum absolute atomic E-state index is 0.0638. The Morgan fingerprint density at radius 3 is 2.69 bits per heavy atom. The fourth-order valence-electron chi connectivity index (χ4n) is 1.07. The summed E-state index contributed by atoms with van der Waals surface area (Å²) in [4.78, 5) is 8.57. The van der Waals surface area contributed by atoms with Gasteiger partial charge in [0.15, 0.2) is 9.84 Å². The molecule has 13 heavy (non-hydrogen) atoms. The van der Waals surface area contributed by atoms with E-state index in [1.54, 1.807) is 0 Å². The van der Waals surface area contributed by atoms with Crippen molar-refractivity contribution < 1.29 is 23.1 Å². The minimum Gasteiger partial charge on any atom is -0.463 e. The van der Waals surface area contributed by atoms with E-state index in [1.165, 1.54) is 0 Å². The number of hydrogen-bond donors (Lipinski definition) is 1. The summed E-state index contributed by atoms with van der Waals surface area (Å²) in [7, 11) is -3.90. The van der Waals surface area contributed by atoms with Crippen LogP contribution in [-0.4, -0.2) is 36.8 Å². The summed E-state index contributed by atoms with van der Waals surface area (Å²) < 4.78 is 27.1. The average Bonchev–Trinajstić information content (AvgIpc) is 2.34. The second-order valence-corrected chi connectivity index (χ2v) is 4.98. The van der Waals surface area contributed by atoms with E-state index >= 15 is 0 Å². The van der Waals surface area contributed by atoms with Crippen molar-refractivity contribution in [3.05, 3.63) is 12.7 Å². The molecular weight excluding hydrogens is 196 g/mol. The smallest absolute Gasteiger partial charge is 0.354 e. The highest BCUT2D eigenvalue weighted by atomic mass is 32.2. The highest BCUT2D eigenvalue weighted by molar-refractivity contribution is 7.93. The van der Waals surface area contributed by atoms with Crippen LogP contribution in [0.25, 0.3) is 0 Å². The first-order valence-corrected chi connectivity index (χ1v) is 5.32. The van der Waals surface area contributed by atoms with Crippen LogP contribution in [0.15, 0.2) is 12.7 Å². The first-order valence-electron chi connectivity index (χ1n) is 3.67. The molecule has 0 spiro atoms. The Morgan fingerprint density at radius 1 is 1.69 bits per heavy atom. The standard InChI is InChI=1S/C7H10O5S/c1-2-5-13(10,11)7(9)3-4-12-6(7)8/h2,9H,1,3-5H2/t7-/m0/s1. The van der Waals surface area contributed by atoms with E-state index in [9.17, 15) is 18.3 Å². The van der Waals surface area contributed by atoms with Crippen molar-refractivity contribution in [3.63, 3.8) is 0 Å². The van der Waals surface area contributed by atoms with E-state index in [2.05, 4.69) is 11.3 Å². The van der Waals surface area contributed by atoms with Crippen LogP contribution in [0, 0.1) is 0 Å². The van der Waals surface area contributed by atoms with Gasteiger partial charge in [-0.3, -0.25) is 0 Å². The molecular formula is C7H10O5S. The summed E-state index contributed by atoms with van der Waals surface area (Å²) >= 11 is 0. The molecule has 0 bridgehead atoms. The largest absolute Gasteiger partial charge is 0.463 e. The fourth-order valence-corrected chi connectivity index (χ4v) is 2.37. The van der Waals surface area contributed by atoms with Gasteiger partial charge in [-0.2, -0.15) is 0 Å². The van der Waals surface area contributed by atoms with Gasteiger partial charge < -0.3 is 9.84 Å². The van der Waals surface area contributed by atoms with Crippen LogP contribution in [0.1, 0.15) is 6.42 Å². The number of sulfone groups is 1. The maximum Gasteiger partial charge on any atom is 0.354 e. The van der Waals surface area contributed by atoms with Crippen LogP contribution < -0.4 is 0 Å². The molecule has 0 aliphatic carbocycles. The lowest BCUT2D eigenvalue weighted by molar-refractivity contribution is -0.147. The number of esters is 1. The number of ether oxygens (including phenoxy) is 1. The SMILES string of the molecule is C=CCS(=O)(=O)[C@@]1(O)CCOC1=O. The third-order valence-corrected chi connectivity index (χ3v) is 3.92. The molecule has 0 amide bonds. The molecule has 1 aliphatic heterocycles. The van der Waals surface area contributed by atoms with Crippen molar-refractivity contribution in [2.45, 2.75) is 11.4 Å². The molecule has 1 N–H and O–H groups in total. The van der Waals surface area contributed by atoms with E-state index in [-0.39, 0.29) is 13.0 Å². The normalized spacial score (nSPS) is 28.5. The highest BCUT2D eigenvalue weighted by Crippen LogP contribution is 2.26. The summed E-state index contributed by atoms with van der Waals surface area (Å²) in [6.45, 7) is 3.17. The molecule has 0 radical (unpaired) electrons. The van der Waals surface area contributed by atoms with Gasteiger partial charge in [0.2, 0.25) is 0 Å². The third-order valence-electron chi connectivity index (χ3n) is 1.84. The monoisotopic (exact) mass is 206 g/mol. The fraction of sp³-hybridized carbons (Fsp3) is 0.571. The van der Waals surface area contributed by atoms with E-state index in [4.69, 9.17) is 0 Å². The lowest BCUT2D eigenvalue weighted by Crippen LogP contribution is -2.44. The van der Waals surface area contributed by atoms with Gasteiger partial charge in [0.25, 0.3) is 4.93 Å². The number of hydrogen-bond acceptors (Lipinski definition) is 5. The molecule has 1 atom stereocenters. The van der Waals surface area contributed by atoms with Gasteiger partial charge in [0.1, 0.15) is 0 Å². The van der Waals surface area contributed by atoms with E-state index < -0.39 is 26.5 Å². The molecule has 5 nitrogen and oxygen atoms in total. The summed E-state index contributed by atoms with van der Waals surface area (Å²) in [6, 6.07) is 0. The number of cyclic esters (lactones) is 1. The van der Waals surface area contributed by atoms with Crippen LogP contribution in [0.3, 0.4) is 0 Å². The van der Waals surface area contributed by atoms with Gasteiger partial charge in [-0.15, -0.1) is 6.58 Å². The predicted octanol–water partition coefficient (Wildman–Crippen LogP) is -0.777. The number of carbonyl (C=O) groups excluding carboxylic acids is 1. The van der Waals surface area contributed by atoms with Crippen LogP contribution in [0.5, 0.6) is 0 Å². The van der Waals surface area contributed by atoms with Gasteiger partial charge in [-0.25, -0.2) is 13.2 Å². The molecule has 1 saturated heterocycles. The zero-order chi connectivity index (χ0) is 10.1. The molecule has 0 aromatic rings. The number of rotatable bonds is 3. The van der Waals surface area contributed by atoms with Crippen molar-refractivity contribution in [1.82, 2.24) is 0 Å². The molecule has 1 fully saturated rings. The van der Waals surface area contributed by atoms with Gasteiger partial charge in [-0.05, 0) is 0 Å². The summed E-state index contributed by atoms with van der Waals surface area (Å²) in [5, 5.41) is 9.51. The van der Waals surface area contributed by atoms with Crippen LogP contribution in [0.2, 0.25) is 0 Å². The number of carbonyl (C=O) groups is 1. The van der Waals surface area contributed by atoms with Crippen molar-refractivity contribution in [1.29, 1.82) is 0 Å². The third kappa shape index (κ3) is 1.47. The molecule has 0 unspecified atom stereocenters. The average molecular weight is 206 g/mol. The second-order valence-electron chi connectivity index (χ2n) is 2.74. The molecule has 0 saturated carbocycles. The predicted molar refractivity (Wildman–Crippen MR) is 44.5 cm³/mol. The van der Waals surface area contributed by atoms with Gasteiger partial charge >= 0.3 is 5.97 Å². The van der Waals surface area contributed by atoms with Crippen molar-refractivity contribution in [3.8, 4) is 0 Å². The van der Waals surface area contributed by atoms with Gasteiger partial charge in [-0.1, -0.05) is 6.08 Å². The van der Waals surface area contributed by atoms with Crippen molar-refractivity contribution in [2.24, 2.45) is 0 Å². The Kier molecular flexibility index (Phi) is 2.44. The zero-order valence-corrected chi connectivity index (χ0v) is 7.71. The van der Waals surface area contributed by atoms with E-state index in [1.807, 2.05) is 0 Å². The Bertz CT molecular complexity index is 331. The first kappa shape index (κ1) is 10.2. The van der Waals surface area contributed by atoms with Crippen molar-refractivity contribution >= 4 is 15.8 Å². The Morgan fingerprint density at radius 2 is 2.31 bits per heavy atom. The molecule has 1 aliphatic rings. The van der Waals surface area contributed by atoms with Gasteiger partial charge in [0.05, 0.1) is 12.4 Å². The lowest BCUT2D eigenvalue weighted by Gasteiger charge is -2.16. The minimum atomic E-state index is -3.90. The van der Waals surface area contributed by atoms with Crippen LogP contribution in [0.4, 0.5) is 0 Å². The summed E-state index contributed by atoms with van der Waals surface area (Å²) in [5.41, 5.74) is 0. The maximum absolute atomic E-state index is 11.3. The molecule has 1 heterocycles. The second kappa shape index (κ2) is 3.12. The number of aliphatic hydroxyl groups is 1. The van der Waals surface area contributed by atoms with Crippen LogP contribution in [-0.2, 0) is 19.4 Å². The highest BCUT2D eigenvalue weighted by Gasteiger charge is 2.53. The first-order chi connectivity index (χ1) is 5.94. The molecule has 0 aromatic carbocycles. The maximum atomic E-state index is 11.3. The van der Waals surface area contributed by atoms with Crippen molar-refractivity contribution in [2.75, 3.05) is 12.4 Å². The topological polar surface area (TPSA) is 80.7 Å². The van der Waals surface area contributed by atoms with E-state index in [0.717, 1.165) is 6.08 Å². The Balaban J connectivity index is 3.05. The van der Waals surface area contributed by atoms with E-state index in [0.29, 0.717) is 0 Å². The van der Waals surface area contributed by atoms with Gasteiger partial charge in [0, 0.05) is 6.42 Å². The molecule has 0 aromatic heterocycles. The van der Waals surface area contributed by atoms with Crippen LogP contribution >= 0.6 is 0 Å². The molecule has 6 heteroatoms. The molecule has 1 rings (SSSR count). The summed E-state index contributed by atoms with van der Waals surface area (Å²) in [5.74, 6) is -1.52. The zero-order valence-electron chi connectivity index (χ0n) is 6.89. The lowest BCUT2D eigenvalue weighted by atomic mass is 10.3. The molecule has 74 valence electrons.